The zero-order valence-electron chi connectivity index (χ0n) is 18.7. The highest BCUT2D eigenvalue weighted by molar-refractivity contribution is 6.03. The van der Waals surface area contributed by atoms with E-state index in [1.54, 1.807) is 13.8 Å². The van der Waals surface area contributed by atoms with Crippen LogP contribution in [0.3, 0.4) is 0 Å². The first kappa shape index (κ1) is 20.1. The highest BCUT2D eigenvalue weighted by Gasteiger charge is 2.24. The van der Waals surface area contributed by atoms with E-state index < -0.39 is 5.60 Å². The molecular weight excluding hydrogens is 386 g/mol. The number of nitrogens with one attached hydrogen (secondary N) is 2. The Balaban J connectivity index is 1.49. The van der Waals surface area contributed by atoms with Gasteiger partial charge >= 0.3 is 0 Å². The van der Waals surface area contributed by atoms with E-state index in [1.807, 2.05) is 12.3 Å². The summed E-state index contributed by atoms with van der Waals surface area (Å²) < 4.78 is 0. The first-order valence-corrected chi connectivity index (χ1v) is 11.1. The molecule has 0 aliphatic carbocycles. The highest BCUT2D eigenvalue weighted by Crippen LogP contribution is 2.38. The number of fused-ring (bicyclic) bond motifs is 3. The van der Waals surface area contributed by atoms with Crippen molar-refractivity contribution in [3.05, 3.63) is 53.3 Å². The average molecular weight is 418 g/mol. The Morgan fingerprint density at radius 2 is 1.81 bits per heavy atom. The lowest BCUT2D eigenvalue weighted by Gasteiger charge is -2.34. The molecule has 6 heteroatoms. The van der Waals surface area contributed by atoms with Crippen LogP contribution in [0.25, 0.3) is 22.6 Å². The summed E-state index contributed by atoms with van der Waals surface area (Å²) in [6, 6.07) is 11.1. The molecule has 1 aromatic carbocycles. The van der Waals surface area contributed by atoms with Gasteiger partial charge in [0.15, 0.2) is 0 Å². The highest BCUT2D eigenvalue weighted by atomic mass is 16.3. The Bertz CT molecular complexity index is 1130. The van der Waals surface area contributed by atoms with Crippen molar-refractivity contribution >= 4 is 34.1 Å². The largest absolute Gasteiger partial charge is 0.384 e. The Kier molecular flexibility index (Phi) is 4.79. The quantitative estimate of drug-likeness (QED) is 0.603. The number of hydrogen-bond donors (Lipinski definition) is 3. The van der Waals surface area contributed by atoms with Gasteiger partial charge in [0.05, 0.1) is 23.4 Å². The van der Waals surface area contributed by atoms with E-state index in [0.717, 1.165) is 48.5 Å². The monoisotopic (exact) mass is 417 g/mol. The third-order valence-electron chi connectivity index (χ3n) is 6.55. The number of aromatic amines is 1. The van der Waals surface area contributed by atoms with Crippen LogP contribution in [0, 0.1) is 0 Å². The molecule has 2 aromatic heterocycles. The van der Waals surface area contributed by atoms with E-state index in [9.17, 15) is 5.11 Å². The minimum absolute atomic E-state index is 0.191. The topological polar surface area (TPSA) is 67.4 Å². The number of aliphatic hydroxyl groups is 1. The first-order chi connectivity index (χ1) is 14.8. The predicted molar refractivity (Wildman–Crippen MR) is 128 cm³/mol. The summed E-state index contributed by atoms with van der Waals surface area (Å²) in [5.41, 5.74) is 5.59. The fraction of sp³-hybridized carbons (Fsp3) is 0.400. The van der Waals surface area contributed by atoms with Crippen molar-refractivity contribution in [3.63, 3.8) is 0 Å². The minimum Gasteiger partial charge on any atom is -0.384 e. The summed E-state index contributed by atoms with van der Waals surface area (Å²) >= 11 is 0. The van der Waals surface area contributed by atoms with E-state index >= 15 is 0 Å². The van der Waals surface area contributed by atoms with Crippen LogP contribution in [-0.2, 0) is 5.60 Å². The number of piperazine rings is 1. The van der Waals surface area contributed by atoms with Crippen LogP contribution in [-0.4, -0.2) is 59.2 Å². The van der Waals surface area contributed by atoms with Crippen molar-refractivity contribution in [1.29, 1.82) is 0 Å². The summed E-state index contributed by atoms with van der Waals surface area (Å²) in [4.78, 5) is 12.7. The first-order valence-electron chi connectivity index (χ1n) is 11.1. The van der Waals surface area contributed by atoms with Gasteiger partial charge in [-0.15, -0.1) is 0 Å². The molecule has 0 spiro atoms. The molecule has 6 nitrogen and oxygen atoms in total. The van der Waals surface area contributed by atoms with Gasteiger partial charge in [-0.25, -0.2) is 0 Å². The number of rotatable bonds is 3. The SMILES string of the molecule is C[C@H]1Nc2[nH]c3cnc(C(C)(C)O)cc3c2C=C1c1ccc(N2CCN(C)CC2)cc1. The average Bonchev–Trinajstić information content (AvgIpc) is 3.10. The maximum atomic E-state index is 10.4. The second-order valence-electron chi connectivity index (χ2n) is 9.39. The standard InChI is InChI=1S/C25H31N5O/c1-16-19(17-5-7-18(8-6-17)30-11-9-29(4)10-12-30)13-21-20-14-23(25(2,3)31)26-15-22(20)28-24(21)27-16/h5-8,13-16,27-28,31H,9-12H2,1-4H3/t16-/m1/s1. The molecule has 0 bridgehead atoms. The summed E-state index contributed by atoms with van der Waals surface area (Å²) in [7, 11) is 2.18. The molecule has 0 saturated carbocycles. The van der Waals surface area contributed by atoms with Crippen molar-refractivity contribution < 1.29 is 5.11 Å². The van der Waals surface area contributed by atoms with Gasteiger partial charge in [-0.1, -0.05) is 12.1 Å². The summed E-state index contributed by atoms with van der Waals surface area (Å²) in [6.07, 6.45) is 4.08. The molecule has 3 N–H and O–H groups in total. The van der Waals surface area contributed by atoms with Crippen molar-refractivity contribution in [1.82, 2.24) is 14.9 Å². The van der Waals surface area contributed by atoms with Crippen molar-refractivity contribution in [2.24, 2.45) is 0 Å². The van der Waals surface area contributed by atoms with Crippen LogP contribution in [0.2, 0.25) is 0 Å². The van der Waals surface area contributed by atoms with Gasteiger partial charge in [0.25, 0.3) is 0 Å². The fourth-order valence-electron chi connectivity index (χ4n) is 4.55. The Morgan fingerprint density at radius 3 is 2.48 bits per heavy atom. The third-order valence-corrected chi connectivity index (χ3v) is 6.55. The molecule has 3 aromatic rings. The Hall–Kier alpha value is -2.83. The Morgan fingerprint density at radius 1 is 1.10 bits per heavy atom. The van der Waals surface area contributed by atoms with Gasteiger partial charge < -0.3 is 25.2 Å². The number of H-pyrrole nitrogens is 1. The number of pyridine rings is 1. The zero-order valence-corrected chi connectivity index (χ0v) is 18.7. The summed E-state index contributed by atoms with van der Waals surface area (Å²) in [6.45, 7) is 10.1. The predicted octanol–water partition coefficient (Wildman–Crippen LogP) is 3.90. The van der Waals surface area contributed by atoms with Crippen LogP contribution in [0.4, 0.5) is 11.5 Å². The van der Waals surface area contributed by atoms with E-state index in [2.05, 4.69) is 69.4 Å². The molecule has 1 fully saturated rings. The molecular formula is C25H31N5O. The molecule has 0 radical (unpaired) electrons. The number of likely N-dealkylation sites (N-methyl/N-ethyl adjacent to an activating group) is 1. The molecule has 2 aliphatic rings. The molecule has 5 rings (SSSR count). The number of nitrogens with zero attached hydrogens (tertiary/aromatic N) is 3. The van der Waals surface area contributed by atoms with Crippen LogP contribution in [0.5, 0.6) is 0 Å². The second-order valence-corrected chi connectivity index (χ2v) is 9.39. The summed E-state index contributed by atoms with van der Waals surface area (Å²) in [5, 5.41) is 15.1. The van der Waals surface area contributed by atoms with Crippen LogP contribution < -0.4 is 10.2 Å². The molecule has 1 saturated heterocycles. The lowest BCUT2D eigenvalue weighted by molar-refractivity contribution is 0.0740. The van der Waals surface area contributed by atoms with E-state index in [1.165, 1.54) is 16.8 Å². The second kappa shape index (κ2) is 7.39. The number of aromatic nitrogens is 2. The lowest BCUT2D eigenvalue weighted by atomic mass is 9.93. The maximum Gasteiger partial charge on any atom is 0.112 e. The number of anilines is 2. The van der Waals surface area contributed by atoms with Crippen molar-refractivity contribution in [2.45, 2.75) is 32.4 Å². The Labute approximate surface area is 183 Å². The molecule has 31 heavy (non-hydrogen) atoms. The molecule has 4 heterocycles. The number of benzene rings is 1. The zero-order chi connectivity index (χ0) is 21.8. The molecule has 0 unspecified atom stereocenters. The van der Waals surface area contributed by atoms with Gasteiger partial charge in [0, 0.05) is 42.8 Å². The van der Waals surface area contributed by atoms with Gasteiger partial charge in [0.1, 0.15) is 11.4 Å². The molecule has 162 valence electrons. The molecule has 0 amide bonds. The normalized spacial score (nSPS) is 19.8. The van der Waals surface area contributed by atoms with Crippen LogP contribution >= 0.6 is 0 Å². The van der Waals surface area contributed by atoms with Gasteiger partial charge in [-0.2, -0.15) is 0 Å². The number of hydrogen-bond acceptors (Lipinski definition) is 5. The smallest absolute Gasteiger partial charge is 0.112 e. The van der Waals surface area contributed by atoms with Crippen LogP contribution in [0.1, 0.15) is 37.6 Å². The summed E-state index contributed by atoms with van der Waals surface area (Å²) in [5.74, 6) is 1.01. The van der Waals surface area contributed by atoms with Gasteiger partial charge in [-0.05, 0) is 63.2 Å². The van der Waals surface area contributed by atoms with Crippen molar-refractivity contribution in [2.75, 3.05) is 43.4 Å². The third kappa shape index (κ3) is 3.70. The lowest BCUT2D eigenvalue weighted by Crippen LogP contribution is -2.44. The van der Waals surface area contributed by atoms with Gasteiger partial charge in [-0.3, -0.25) is 4.98 Å². The van der Waals surface area contributed by atoms with E-state index in [-0.39, 0.29) is 6.04 Å². The van der Waals surface area contributed by atoms with E-state index in [0.29, 0.717) is 5.69 Å². The molecule has 2 aliphatic heterocycles. The van der Waals surface area contributed by atoms with Gasteiger partial charge in [0.2, 0.25) is 0 Å². The minimum atomic E-state index is -0.973. The molecule has 1 atom stereocenters. The van der Waals surface area contributed by atoms with Crippen LogP contribution in [0.15, 0.2) is 36.5 Å². The fourth-order valence-corrected chi connectivity index (χ4v) is 4.55. The maximum absolute atomic E-state index is 10.4. The van der Waals surface area contributed by atoms with E-state index in [4.69, 9.17) is 0 Å². The van der Waals surface area contributed by atoms with Crippen molar-refractivity contribution in [3.8, 4) is 0 Å².